The Morgan fingerprint density at radius 2 is 1.57 bits per heavy atom. The second-order valence-electron chi connectivity index (χ2n) is 4.49. The van der Waals surface area contributed by atoms with Crippen molar-refractivity contribution in [3.8, 4) is 0 Å². The fraction of sp³-hybridized carbons (Fsp3) is 0.571. The molecular weight excluding hydrogens is 312 g/mol. The van der Waals surface area contributed by atoms with Crippen molar-refractivity contribution < 1.29 is 22.6 Å². The van der Waals surface area contributed by atoms with Crippen LogP contribution in [0.3, 0.4) is 0 Å². The minimum absolute atomic E-state index is 0.328. The van der Waals surface area contributed by atoms with Crippen LogP contribution in [0.1, 0.15) is 18.4 Å². The Bertz CT molecular complexity index is 513. The SMILES string of the molecule is COC(CCCSS(=O)(=O)c1ccc(C)cc1)(OC)OC. The first-order valence-corrected chi connectivity index (χ1v) is 9.49. The van der Waals surface area contributed by atoms with E-state index in [1.165, 1.54) is 21.3 Å². The highest BCUT2D eigenvalue weighted by molar-refractivity contribution is 8.72. The molecule has 0 spiro atoms. The standard InChI is InChI=1S/C14H22O5S2/c1-12-6-8-13(9-7-12)21(15,16)20-11-5-10-14(17-2,18-3)19-4/h6-9H,5,10-11H2,1-4H3. The van der Waals surface area contributed by atoms with Gasteiger partial charge in [-0.05, 0) is 36.3 Å². The van der Waals surface area contributed by atoms with Gasteiger partial charge in [-0.1, -0.05) is 17.7 Å². The lowest BCUT2D eigenvalue weighted by molar-refractivity contribution is -0.354. The van der Waals surface area contributed by atoms with Gasteiger partial charge in [0.1, 0.15) is 0 Å². The number of benzene rings is 1. The maximum atomic E-state index is 12.1. The molecule has 0 aliphatic heterocycles. The predicted octanol–water partition coefficient (Wildman–Crippen LogP) is 2.79. The van der Waals surface area contributed by atoms with Crippen LogP contribution in [0.4, 0.5) is 0 Å². The first-order valence-electron chi connectivity index (χ1n) is 6.50. The summed E-state index contributed by atoms with van der Waals surface area (Å²) >= 11 is 0. The molecule has 0 aromatic heterocycles. The summed E-state index contributed by atoms with van der Waals surface area (Å²) in [6.45, 7) is 1.92. The van der Waals surface area contributed by atoms with Gasteiger partial charge in [-0.2, -0.15) is 0 Å². The van der Waals surface area contributed by atoms with Crippen molar-refractivity contribution in [3.63, 3.8) is 0 Å². The summed E-state index contributed by atoms with van der Waals surface area (Å²) in [5, 5.41) is 0. The van der Waals surface area contributed by atoms with Crippen molar-refractivity contribution in [1.29, 1.82) is 0 Å². The zero-order valence-corrected chi connectivity index (χ0v) is 14.4. The Hall–Kier alpha value is -0.600. The molecule has 1 rings (SSSR count). The molecule has 0 aliphatic carbocycles. The molecule has 0 saturated carbocycles. The largest absolute Gasteiger partial charge is 0.331 e. The molecule has 0 atom stereocenters. The van der Waals surface area contributed by atoms with Crippen LogP contribution in [-0.2, 0) is 23.1 Å². The molecule has 0 radical (unpaired) electrons. The molecule has 0 saturated heterocycles. The van der Waals surface area contributed by atoms with Gasteiger partial charge in [-0.3, -0.25) is 0 Å². The number of hydrogen-bond acceptors (Lipinski definition) is 6. The van der Waals surface area contributed by atoms with Crippen LogP contribution in [-0.4, -0.2) is 41.5 Å². The first kappa shape index (κ1) is 18.4. The van der Waals surface area contributed by atoms with E-state index in [9.17, 15) is 8.42 Å². The van der Waals surface area contributed by atoms with Crippen molar-refractivity contribution in [1.82, 2.24) is 0 Å². The Labute approximate surface area is 130 Å². The van der Waals surface area contributed by atoms with E-state index in [1.807, 2.05) is 6.92 Å². The van der Waals surface area contributed by atoms with Crippen molar-refractivity contribution in [2.75, 3.05) is 27.1 Å². The number of hydrogen-bond donors (Lipinski definition) is 0. The lowest BCUT2D eigenvalue weighted by Crippen LogP contribution is -2.35. The van der Waals surface area contributed by atoms with E-state index in [4.69, 9.17) is 14.2 Å². The lowest BCUT2D eigenvalue weighted by Gasteiger charge is -2.28. The third-order valence-corrected chi connectivity index (χ3v) is 6.73. The van der Waals surface area contributed by atoms with Gasteiger partial charge >= 0.3 is 0 Å². The Kier molecular flexibility index (Phi) is 7.15. The number of aryl methyl sites for hydroxylation is 1. The van der Waals surface area contributed by atoms with Crippen LogP contribution in [0.2, 0.25) is 0 Å². The van der Waals surface area contributed by atoms with Gasteiger partial charge in [0, 0.05) is 33.5 Å². The minimum Gasteiger partial charge on any atom is -0.331 e. The third-order valence-electron chi connectivity index (χ3n) is 3.11. The van der Waals surface area contributed by atoms with Gasteiger partial charge in [0.25, 0.3) is 5.97 Å². The van der Waals surface area contributed by atoms with Gasteiger partial charge < -0.3 is 14.2 Å². The van der Waals surface area contributed by atoms with Crippen molar-refractivity contribution >= 4 is 19.7 Å². The Morgan fingerprint density at radius 3 is 2.05 bits per heavy atom. The maximum Gasteiger partial charge on any atom is 0.282 e. The van der Waals surface area contributed by atoms with Crippen LogP contribution < -0.4 is 0 Å². The summed E-state index contributed by atoms with van der Waals surface area (Å²) in [6, 6.07) is 6.83. The maximum absolute atomic E-state index is 12.1. The fourth-order valence-corrected chi connectivity index (χ4v) is 4.63. The average Bonchev–Trinajstić information content (AvgIpc) is 2.49. The summed E-state index contributed by atoms with van der Waals surface area (Å²) in [6.07, 6.45) is 1.04. The summed E-state index contributed by atoms with van der Waals surface area (Å²) in [7, 11) is 2.06. The molecule has 120 valence electrons. The molecule has 0 aliphatic rings. The quantitative estimate of drug-likeness (QED) is 0.393. The van der Waals surface area contributed by atoms with E-state index in [1.54, 1.807) is 24.3 Å². The first-order chi connectivity index (χ1) is 9.89. The summed E-state index contributed by atoms with van der Waals surface area (Å²) in [5.74, 6) is -0.664. The van der Waals surface area contributed by atoms with E-state index in [0.717, 1.165) is 16.4 Å². The van der Waals surface area contributed by atoms with E-state index in [-0.39, 0.29) is 0 Å². The van der Waals surface area contributed by atoms with E-state index < -0.39 is 14.8 Å². The molecule has 0 amide bonds. The van der Waals surface area contributed by atoms with Crippen LogP contribution in [0.15, 0.2) is 29.2 Å². The number of methoxy groups -OCH3 is 3. The normalized spacial score (nSPS) is 12.6. The van der Waals surface area contributed by atoms with E-state index in [2.05, 4.69) is 0 Å². The van der Waals surface area contributed by atoms with Crippen molar-refractivity contribution in [3.05, 3.63) is 29.8 Å². The van der Waals surface area contributed by atoms with Crippen molar-refractivity contribution in [2.24, 2.45) is 0 Å². The highest BCUT2D eigenvalue weighted by atomic mass is 33.1. The second kappa shape index (κ2) is 8.14. The highest BCUT2D eigenvalue weighted by Gasteiger charge is 2.29. The molecule has 0 unspecified atom stereocenters. The molecule has 0 N–H and O–H groups in total. The number of ether oxygens (including phenoxy) is 3. The Balaban J connectivity index is 2.53. The summed E-state index contributed by atoms with van der Waals surface area (Å²) in [5.41, 5.74) is 1.03. The number of rotatable bonds is 9. The minimum atomic E-state index is -3.32. The van der Waals surface area contributed by atoms with Gasteiger partial charge in [0.05, 0.1) is 4.90 Å². The molecule has 0 fully saturated rings. The fourth-order valence-electron chi connectivity index (χ4n) is 1.79. The molecular formula is C14H22O5S2. The van der Waals surface area contributed by atoms with Gasteiger partial charge in [-0.15, -0.1) is 0 Å². The monoisotopic (exact) mass is 334 g/mol. The molecule has 1 aromatic carbocycles. The van der Waals surface area contributed by atoms with Gasteiger partial charge in [0.2, 0.25) is 8.87 Å². The molecule has 1 aromatic rings. The van der Waals surface area contributed by atoms with Crippen LogP contribution in [0, 0.1) is 6.92 Å². The molecule has 7 heteroatoms. The van der Waals surface area contributed by atoms with Crippen LogP contribution in [0.25, 0.3) is 0 Å². The molecule has 5 nitrogen and oxygen atoms in total. The second-order valence-corrected chi connectivity index (χ2v) is 8.54. The molecule has 0 bridgehead atoms. The van der Waals surface area contributed by atoms with Crippen LogP contribution >= 0.6 is 10.8 Å². The van der Waals surface area contributed by atoms with E-state index >= 15 is 0 Å². The summed E-state index contributed by atoms with van der Waals surface area (Å²) in [4.78, 5) is 0.328. The average molecular weight is 334 g/mol. The topological polar surface area (TPSA) is 61.8 Å². The Morgan fingerprint density at radius 1 is 1.05 bits per heavy atom. The zero-order chi connectivity index (χ0) is 15.9. The lowest BCUT2D eigenvalue weighted by atomic mass is 10.2. The van der Waals surface area contributed by atoms with Gasteiger partial charge in [0.15, 0.2) is 0 Å². The highest BCUT2D eigenvalue weighted by Crippen LogP contribution is 2.26. The van der Waals surface area contributed by atoms with Crippen molar-refractivity contribution in [2.45, 2.75) is 30.6 Å². The summed E-state index contributed by atoms with van der Waals surface area (Å²) < 4.78 is 39.8. The third kappa shape index (κ3) is 5.27. The van der Waals surface area contributed by atoms with Crippen LogP contribution in [0.5, 0.6) is 0 Å². The van der Waals surface area contributed by atoms with E-state index in [0.29, 0.717) is 23.5 Å². The molecule has 0 heterocycles. The van der Waals surface area contributed by atoms with Gasteiger partial charge in [-0.25, -0.2) is 8.42 Å². The zero-order valence-electron chi connectivity index (χ0n) is 12.8. The molecule has 21 heavy (non-hydrogen) atoms. The smallest absolute Gasteiger partial charge is 0.282 e. The predicted molar refractivity (Wildman–Crippen MR) is 83.8 cm³/mol.